The summed E-state index contributed by atoms with van der Waals surface area (Å²) in [7, 11) is -3.12. The van der Waals surface area contributed by atoms with Crippen LogP contribution in [0.3, 0.4) is 0 Å². The smallest absolute Gasteiger partial charge is 0.239 e. The Morgan fingerprint density at radius 2 is 2.00 bits per heavy atom. The Morgan fingerprint density at radius 1 is 1.20 bits per heavy atom. The highest BCUT2D eigenvalue weighted by Gasteiger charge is 2.59. The predicted molar refractivity (Wildman–Crippen MR) is 118 cm³/mol. The number of rotatable bonds is 6. The van der Waals surface area contributed by atoms with E-state index in [1.165, 1.54) is 0 Å². The molecule has 30 heavy (non-hydrogen) atoms. The minimum absolute atomic E-state index is 0.0512. The molecule has 0 atom stereocenters. The van der Waals surface area contributed by atoms with Crippen molar-refractivity contribution in [2.45, 2.75) is 38.3 Å². The average molecular weight is 444 g/mol. The number of benzene rings is 1. The highest BCUT2D eigenvalue weighted by Crippen LogP contribution is 2.56. The fourth-order valence-electron chi connectivity index (χ4n) is 4.44. The number of anilines is 1. The van der Waals surface area contributed by atoms with Crippen molar-refractivity contribution in [2.24, 2.45) is 0 Å². The third kappa shape index (κ3) is 3.03. The molecule has 1 aliphatic heterocycles. The van der Waals surface area contributed by atoms with Gasteiger partial charge in [0.05, 0.1) is 17.7 Å². The van der Waals surface area contributed by atoms with E-state index >= 15 is 0 Å². The number of pyridine rings is 1. The number of carbonyl (C=O) groups excluding carboxylic acids is 1. The largest absolute Gasteiger partial charge is 0.342 e. The SMILES string of the molecule is CCS(=O)(=O)CCn1c(CN2C(=O)C3(CC3)c3cccnc32)cc2cc(Cl)ccc21. The first-order valence-corrected chi connectivity index (χ1v) is 12.3. The number of hydrogen-bond donors (Lipinski definition) is 0. The number of halogens is 1. The van der Waals surface area contributed by atoms with Crippen LogP contribution in [0.5, 0.6) is 0 Å². The van der Waals surface area contributed by atoms with Gasteiger partial charge in [-0.05, 0) is 43.2 Å². The lowest BCUT2D eigenvalue weighted by molar-refractivity contribution is -0.120. The molecule has 0 unspecified atom stereocenters. The van der Waals surface area contributed by atoms with E-state index in [4.69, 9.17) is 11.6 Å². The number of amides is 1. The molecule has 1 saturated carbocycles. The van der Waals surface area contributed by atoms with E-state index in [0.717, 1.165) is 40.8 Å². The average Bonchev–Trinajstić information content (AvgIpc) is 3.42. The van der Waals surface area contributed by atoms with Crippen LogP contribution in [0.2, 0.25) is 5.02 Å². The Hall–Kier alpha value is -2.38. The number of nitrogens with zero attached hydrogens (tertiary/aromatic N) is 3. The number of aromatic nitrogens is 2. The molecule has 1 fully saturated rings. The Morgan fingerprint density at radius 3 is 2.73 bits per heavy atom. The van der Waals surface area contributed by atoms with E-state index in [-0.39, 0.29) is 17.4 Å². The molecule has 3 aromatic rings. The summed E-state index contributed by atoms with van der Waals surface area (Å²) in [6, 6.07) is 11.4. The molecule has 3 heterocycles. The van der Waals surface area contributed by atoms with Gasteiger partial charge in [0, 0.05) is 45.7 Å². The second kappa shape index (κ2) is 6.82. The highest BCUT2D eigenvalue weighted by molar-refractivity contribution is 7.91. The second-order valence-electron chi connectivity index (χ2n) is 8.07. The number of hydrogen-bond acceptors (Lipinski definition) is 4. The van der Waals surface area contributed by atoms with Crippen LogP contribution in [0.1, 0.15) is 31.0 Å². The fourth-order valence-corrected chi connectivity index (χ4v) is 5.37. The van der Waals surface area contributed by atoms with Gasteiger partial charge in [0.2, 0.25) is 5.91 Å². The minimum atomic E-state index is -3.12. The van der Waals surface area contributed by atoms with Crippen LogP contribution in [0, 0.1) is 0 Å². The van der Waals surface area contributed by atoms with Gasteiger partial charge in [-0.2, -0.15) is 0 Å². The lowest BCUT2D eigenvalue weighted by Crippen LogP contribution is -2.32. The molecule has 1 aliphatic carbocycles. The second-order valence-corrected chi connectivity index (χ2v) is 11.0. The summed E-state index contributed by atoms with van der Waals surface area (Å²) in [5.41, 5.74) is 2.39. The minimum Gasteiger partial charge on any atom is -0.342 e. The van der Waals surface area contributed by atoms with Gasteiger partial charge in [-0.15, -0.1) is 0 Å². The van der Waals surface area contributed by atoms with Crippen molar-refractivity contribution in [3.05, 3.63) is 58.9 Å². The number of sulfone groups is 1. The molecule has 8 heteroatoms. The molecular formula is C22H22ClN3O3S. The van der Waals surface area contributed by atoms with Crippen LogP contribution in [0.4, 0.5) is 5.82 Å². The first kappa shape index (κ1) is 19.6. The zero-order valence-electron chi connectivity index (χ0n) is 16.6. The van der Waals surface area contributed by atoms with Gasteiger partial charge < -0.3 is 4.57 Å². The molecule has 0 bridgehead atoms. The molecule has 5 rings (SSSR count). The van der Waals surface area contributed by atoms with Crippen molar-refractivity contribution in [1.82, 2.24) is 9.55 Å². The topological polar surface area (TPSA) is 72.3 Å². The predicted octanol–water partition coefficient (Wildman–Crippen LogP) is 3.70. The first-order valence-electron chi connectivity index (χ1n) is 10.1. The summed E-state index contributed by atoms with van der Waals surface area (Å²) >= 11 is 6.18. The van der Waals surface area contributed by atoms with Crippen LogP contribution >= 0.6 is 11.6 Å². The lowest BCUT2D eigenvalue weighted by atomic mass is 10.00. The van der Waals surface area contributed by atoms with Crippen LogP contribution in [-0.2, 0) is 33.1 Å². The molecule has 0 radical (unpaired) electrons. The monoisotopic (exact) mass is 443 g/mol. The molecule has 0 N–H and O–H groups in total. The van der Waals surface area contributed by atoms with Crippen molar-refractivity contribution in [3.8, 4) is 0 Å². The van der Waals surface area contributed by atoms with E-state index in [1.807, 2.05) is 34.9 Å². The maximum atomic E-state index is 13.3. The molecule has 2 aliphatic rings. The van der Waals surface area contributed by atoms with Crippen molar-refractivity contribution in [3.63, 3.8) is 0 Å². The molecule has 2 aromatic heterocycles. The molecule has 0 saturated heterocycles. The van der Waals surface area contributed by atoms with Gasteiger partial charge in [0.25, 0.3) is 0 Å². The van der Waals surface area contributed by atoms with E-state index in [2.05, 4.69) is 4.98 Å². The third-order valence-corrected chi connectivity index (χ3v) is 8.22. The molecule has 6 nitrogen and oxygen atoms in total. The first-order chi connectivity index (χ1) is 14.3. The van der Waals surface area contributed by atoms with E-state index in [0.29, 0.717) is 18.1 Å². The van der Waals surface area contributed by atoms with Gasteiger partial charge in [0.15, 0.2) is 9.84 Å². The summed E-state index contributed by atoms with van der Waals surface area (Å²) in [4.78, 5) is 19.5. The summed E-state index contributed by atoms with van der Waals surface area (Å²) in [6.07, 6.45) is 3.42. The van der Waals surface area contributed by atoms with Crippen molar-refractivity contribution in [1.29, 1.82) is 0 Å². The van der Waals surface area contributed by atoms with Crippen LogP contribution < -0.4 is 4.90 Å². The number of carbonyl (C=O) groups is 1. The van der Waals surface area contributed by atoms with Gasteiger partial charge in [-0.25, -0.2) is 13.4 Å². The highest BCUT2D eigenvalue weighted by atomic mass is 35.5. The summed E-state index contributed by atoms with van der Waals surface area (Å²) in [6.45, 7) is 2.34. The molecular weight excluding hydrogens is 422 g/mol. The maximum Gasteiger partial charge on any atom is 0.239 e. The Kier molecular flexibility index (Phi) is 4.45. The van der Waals surface area contributed by atoms with Gasteiger partial charge in [-0.1, -0.05) is 24.6 Å². The molecule has 156 valence electrons. The fraction of sp³-hybridized carbons (Fsp3) is 0.364. The Labute approximate surface area is 180 Å². The summed E-state index contributed by atoms with van der Waals surface area (Å²) < 4.78 is 26.3. The normalized spacial score (nSPS) is 17.1. The van der Waals surface area contributed by atoms with Crippen molar-refractivity contribution < 1.29 is 13.2 Å². The van der Waals surface area contributed by atoms with Crippen LogP contribution in [-0.4, -0.2) is 35.4 Å². The number of fused-ring (bicyclic) bond motifs is 3. The van der Waals surface area contributed by atoms with Crippen LogP contribution in [0.25, 0.3) is 10.9 Å². The van der Waals surface area contributed by atoms with Gasteiger partial charge >= 0.3 is 0 Å². The standard InChI is InChI=1S/C22H22ClN3O3S/c1-2-30(28,29)11-10-25-17(13-15-12-16(23)5-6-19(15)25)14-26-20-18(4-3-9-24-20)22(7-8-22)21(26)27/h3-6,9,12-13H,2,7-8,10-11,14H2,1H3. The molecule has 1 amide bonds. The Bertz CT molecular complexity index is 1280. The maximum absolute atomic E-state index is 13.3. The van der Waals surface area contributed by atoms with E-state index < -0.39 is 15.3 Å². The quantitative estimate of drug-likeness (QED) is 0.582. The number of aryl methyl sites for hydroxylation is 1. The zero-order valence-corrected chi connectivity index (χ0v) is 18.2. The van der Waals surface area contributed by atoms with E-state index in [9.17, 15) is 13.2 Å². The molecule has 1 aromatic carbocycles. The van der Waals surface area contributed by atoms with E-state index in [1.54, 1.807) is 24.1 Å². The molecule has 1 spiro atoms. The van der Waals surface area contributed by atoms with Gasteiger partial charge in [0.1, 0.15) is 5.82 Å². The van der Waals surface area contributed by atoms with Crippen LogP contribution in [0.15, 0.2) is 42.6 Å². The Balaban J connectivity index is 1.56. The summed E-state index contributed by atoms with van der Waals surface area (Å²) in [5.74, 6) is 0.969. The lowest BCUT2D eigenvalue weighted by Gasteiger charge is -2.19. The summed E-state index contributed by atoms with van der Waals surface area (Å²) in [5, 5.41) is 1.55. The van der Waals surface area contributed by atoms with Crippen molar-refractivity contribution in [2.75, 3.05) is 16.4 Å². The third-order valence-electron chi connectivity index (χ3n) is 6.30. The van der Waals surface area contributed by atoms with Gasteiger partial charge in [-0.3, -0.25) is 9.69 Å². The zero-order chi connectivity index (χ0) is 21.1. The van der Waals surface area contributed by atoms with Crippen molar-refractivity contribution >= 4 is 44.1 Å².